The van der Waals surface area contributed by atoms with Crippen molar-refractivity contribution in [1.82, 2.24) is 4.90 Å². The van der Waals surface area contributed by atoms with Crippen molar-refractivity contribution in [3.8, 4) is 0 Å². The number of nitrogens with one attached hydrogen (secondary N) is 1. The van der Waals surface area contributed by atoms with E-state index in [1.165, 1.54) is 0 Å². The first kappa shape index (κ1) is 14.5. The highest BCUT2D eigenvalue weighted by Gasteiger charge is 2.28. The van der Waals surface area contributed by atoms with E-state index in [2.05, 4.69) is 5.32 Å². The molecule has 0 radical (unpaired) electrons. The van der Waals surface area contributed by atoms with Gasteiger partial charge in [-0.1, -0.05) is 12.1 Å². The van der Waals surface area contributed by atoms with Crippen LogP contribution in [-0.4, -0.2) is 41.5 Å². The van der Waals surface area contributed by atoms with Crippen molar-refractivity contribution < 1.29 is 14.7 Å². The Morgan fingerprint density at radius 1 is 1.40 bits per heavy atom. The number of hydrogen-bond donors (Lipinski definition) is 2. The lowest BCUT2D eigenvalue weighted by Crippen LogP contribution is -2.32. The number of nitrogens with zero attached hydrogens (tertiary/aromatic N) is 1. The monoisotopic (exact) mass is 276 g/mol. The van der Waals surface area contributed by atoms with Crippen molar-refractivity contribution in [3.63, 3.8) is 0 Å². The Labute approximate surface area is 118 Å². The van der Waals surface area contributed by atoms with Gasteiger partial charge in [0.2, 0.25) is 5.91 Å². The second kappa shape index (κ2) is 6.05. The number of carbonyl (C=O) groups is 2. The summed E-state index contributed by atoms with van der Waals surface area (Å²) in [5, 5.41) is 11.8. The standard InChI is InChI=1S/C15H20N2O3/c1-10-3-4-11(2)13(7-10)16-14(18)9-17-6-5-12(8-17)15(19)20/h3-4,7,12H,5-6,8-9H2,1-2H3,(H,16,18)(H,19,20). The molecule has 1 amide bonds. The van der Waals surface area contributed by atoms with Gasteiger partial charge < -0.3 is 10.4 Å². The van der Waals surface area contributed by atoms with Gasteiger partial charge >= 0.3 is 5.97 Å². The van der Waals surface area contributed by atoms with Crippen LogP contribution in [0.15, 0.2) is 18.2 Å². The minimum absolute atomic E-state index is 0.0928. The molecule has 2 N–H and O–H groups in total. The number of likely N-dealkylation sites (tertiary alicyclic amines) is 1. The maximum absolute atomic E-state index is 12.0. The topological polar surface area (TPSA) is 69.6 Å². The largest absolute Gasteiger partial charge is 0.481 e. The fraction of sp³-hybridized carbons (Fsp3) is 0.467. The van der Waals surface area contributed by atoms with E-state index >= 15 is 0 Å². The van der Waals surface area contributed by atoms with Gasteiger partial charge in [0.25, 0.3) is 0 Å². The zero-order valence-corrected chi connectivity index (χ0v) is 11.8. The van der Waals surface area contributed by atoms with Crippen LogP contribution in [0.25, 0.3) is 0 Å². The summed E-state index contributed by atoms with van der Waals surface area (Å²) >= 11 is 0. The molecule has 5 nitrogen and oxygen atoms in total. The molecule has 1 saturated heterocycles. The van der Waals surface area contributed by atoms with Gasteiger partial charge in [-0.05, 0) is 44.0 Å². The van der Waals surface area contributed by atoms with E-state index in [0.717, 1.165) is 16.8 Å². The Morgan fingerprint density at radius 2 is 2.15 bits per heavy atom. The highest BCUT2D eigenvalue weighted by atomic mass is 16.4. The Bertz CT molecular complexity index is 528. The van der Waals surface area contributed by atoms with Crippen LogP contribution < -0.4 is 5.32 Å². The van der Waals surface area contributed by atoms with Crippen LogP contribution in [0.4, 0.5) is 5.69 Å². The van der Waals surface area contributed by atoms with Gasteiger partial charge in [0, 0.05) is 12.2 Å². The number of hydrogen-bond acceptors (Lipinski definition) is 3. The molecule has 1 heterocycles. The Balaban J connectivity index is 1.90. The van der Waals surface area contributed by atoms with Crippen LogP contribution in [0.1, 0.15) is 17.5 Å². The van der Waals surface area contributed by atoms with E-state index in [0.29, 0.717) is 19.5 Å². The van der Waals surface area contributed by atoms with E-state index < -0.39 is 5.97 Å². The molecule has 1 aromatic rings. The number of amides is 1. The first-order valence-electron chi connectivity index (χ1n) is 6.78. The average Bonchev–Trinajstić information content (AvgIpc) is 2.82. The summed E-state index contributed by atoms with van der Waals surface area (Å²) in [5.41, 5.74) is 2.94. The summed E-state index contributed by atoms with van der Waals surface area (Å²) in [4.78, 5) is 24.8. The first-order chi connectivity index (χ1) is 9.45. The molecule has 20 heavy (non-hydrogen) atoms. The summed E-state index contributed by atoms with van der Waals surface area (Å²) in [6.45, 7) is 5.29. The quantitative estimate of drug-likeness (QED) is 0.877. The zero-order valence-electron chi connectivity index (χ0n) is 11.8. The van der Waals surface area contributed by atoms with Gasteiger partial charge in [-0.15, -0.1) is 0 Å². The minimum atomic E-state index is -0.776. The number of rotatable bonds is 4. The molecule has 1 unspecified atom stereocenters. The number of aliphatic carboxylic acids is 1. The van der Waals surface area contributed by atoms with Crippen molar-refractivity contribution in [3.05, 3.63) is 29.3 Å². The van der Waals surface area contributed by atoms with Crippen molar-refractivity contribution in [2.45, 2.75) is 20.3 Å². The summed E-state index contributed by atoms with van der Waals surface area (Å²) in [5.74, 6) is -1.21. The number of carboxylic acid groups (broad SMARTS) is 1. The number of carbonyl (C=O) groups excluding carboxylic acids is 1. The fourth-order valence-electron chi connectivity index (χ4n) is 2.44. The minimum Gasteiger partial charge on any atom is -0.481 e. The Morgan fingerprint density at radius 3 is 2.80 bits per heavy atom. The number of anilines is 1. The van der Waals surface area contributed by atoms with Crippen LogP contribution in [0.5, 0.6) is 0 Å². The lowest BCUT2D eigenvalue weighted by molar-refractivity contribution is -0.141. The van der Waals surface area contributed by atoms with Crippen molar-refractivity contribution in [2.75, 3.05) is 25.0 Å². The average molecular weight is 276 g/mol. The molecule has 0 aliphatic carbocycles. The third kappa shape index (κ3) is 3.57. The predicted molar refractivity (Wildman–Crippen MR) is 76.7 cm³/mol. The summed E-state index contributed by atoms with van der Waals surface area (Å²) in [6, 6.07) is 5.92. The van der Waals surface area contributed by atoms with E-state index in [1.807, 2.05) is 36.9 Å². The number of aryl methyl sites for hydroxylation is 2. The third-order valence-electron chi connectivity index (χ3n) is 3.66. The van der Waals surface area contributed by atoms with E-state index in [-0.39, 0.29) is 18.4 Å². The molecule has 1 atom stereocenters. The highest BCUT2D eigenvalue weighted by Crippen LogP contribution is 2.18. The van der Waals surface area contributed by atoms with Gasteiger partial charge in [0.1, 0.15) is 0 Å². The van der Waals surface area contributed by atoms with E-state index in [9.17, 15) is 9.59 Å². The first-order valence-corrected chi connectivity index (χ1v) is 6.78. The van der Waals surface area contributed by atoms with Gasteiger partial charge in [0.05, 0.1) is 12.5 Å². The third-order valence-corrected chi connectivity index (χ3v) is 3.66. The van der Waals surface area contributed by atoms with E-state index in [1.54, 1.807) is 0 Å². The fourth-order valence-corrected chi connectivity index (χ4v) is 2.44. The van der Waals surface area contributed by atoms with E-state index in [4.69, 9.17) is 5.11 Å². The van der Waals surface area contributed by atoms with Crippen molar-refractivity contribution in [1.29, 1.82) is 0 Å². The summed E-state index contributed by atoms with van der Waals surface area (Å²) in [7, 11) is 0. The maximum Gasteiger partial charge on any atom is 0.307 e. The lowest BCUT2D eigenvalue weighted by atomic mass is 10.1. The van der Waals surface area contributed by atoms with Crippen LogP contribution in [-0.2, 0) is 9.59 Å². The molecule has 0 bridgehead atoms. The normalized spacial score (nSPS) is 19.0. The molecule has 0 spiro atoms. The predicted octanol–water partition coefficient (Wildman–Crippen LogP) is 1.65. The molecule has 1 aliphatic rings. The van der Waals surface area contributed by atoms with Crippen molar-refractivity contribution in [2.24, 2.45) is 5.92 Å². The van der Waals surface area contributed by atoms with Gasteiger partial charge in [-0.3, -0.25) is 14.5 Å². The summed E-state index contributed by atoms with van der Waals surface area (Å²) < 4.78 is 0. The van der Waals surface area contributed by atoms with Gasteiger partial charge in [-0.25, -0.2) is 0 Å². The van der Waals surface area contributed by atoms with Crippen LogP contribution in [0.3, 0.4) is 0 Å². The molecule has 0 saturated carbocycles. The molecule has 5 heteroatoms. The van der Waals surface area contributed by atoms with Crippen LogP contribution in [0, 0.1) is 19.8 Å². The Kier molecular flexibility index (Phi) is 4.39. The Hall–Kier alpha value is -1.88. The molecular weight excluding hydrogens is 256 g/mol. The molecule has 1 fully saturated rings. The maximum atomic E-state index is 12.0. The van der Waals surface area contributed by atoms with Crippen LogP contribution >= 0.6 is 0 Å². The smallest absolute Gasteiger partial charge is 0.307 e. The molecule has 2 rings (SSSR count). The second-order valence-electron chi connectivity index (χ2n) is 5.43. The number of benzene rings is 1. The van der Waals surface area contributed by atoms with Gasteiger partial charge in [0.15, 0.2) is 0 Å². The molecule has 0 aromatic heterocycles. The summed E-state index contributed by atoms with van der Waals surface area (Å²) in [6.07, 6.45) is 0.617. The number of carboxylic acids is 1. The molecule has 1 aromatic carbocycles. The highest BCUT2D eigenvalue weighted by molar-refractivity contribution is 5.93. The second-order valence-corrected chi connectivity index (χ2v) is 5.43. The molecule has 108 valence electrons. The lowest BCUT2D eigenvalue weighted by Gasteiger charge is -2.15. The SMILES string of the molecule is Cc1ccc(C)c(NC(=O)CN2CCC(C(=O)O)C2)c1. The molecule has 1 aliphatic heterocycles. The van der Waals surface area contributed by atoms with Crippen molar-refractivity contribution >= 4 is 17.6 Å². The van der Waals surface area contributed by atoms with Crippen LogP contribution in [0.2, 0.25) is 0 Å². The zero-order chi connectivity index (χ0) is 14.7. The molecular formula is C15H20N2O3. The van der Waals surface area contributed by atoms with Gasteiger partial charge in [-0.2, -0.15) is 0 Å².